The fourth-order valence-electron chi connectivity index (χ4n) is 2.10. The summed E-state index contributed by atoms with van der Waals surface area (Å²) < 4.78 is 7.35. The maximum Gasteiger partial charge on any atom is 0.0681 e. The molecule has 2 N–H and O–H groups in total. The minimum Gasteiger partial charge on any atom is -0.381 e. The summed E-state index contributed by atoms with van der Waals surface area (Å²) in [7, 11) is 1.95. The molecular weight excluding hydrogens is 190 g/mol. The van der Waals surface area contributed by atoms with Gasteiger partial charge in [0.05, 0.1) is 18.0 Å². The lowest BCUT2D eigenvalue weighted by molar-refractivity contribution is 0.0791. The molecule has 2 heterocycles. The predicted octanol–water partition coefficient (Wildman–Crippen LogP) is 1.33. The third-order valence-corrected chi connectivity index (χ3v) is 2.98. The molecule has 2 atom stereocenters. The van der Waals surface area contributed by atoms with Crippen LogP contribution in [0.1, 0.15) is 43.1 Å². The first kappa shape index (κ1) is 10.6. The monoisotopic (exact) mass is 209 g/mol. The molecule has 4 nitrogen and oxygen atoms in total. The molecule has 1 aliphatic rings. The summed E-state index contributed by atoms with van der Waals surface area (Å²) in [4.78, 5) is 0. The molecule has 0 spiro atoms. The highest BCUT2D eigenvalue weighted by molar-refractivity contribution is 5.17. The van der Waals surface area contributed by atoms with Crippen LogP contribution in [-0.4, -0.2) is 23.0 Å². The average molecular weight is 209 g/mol. The molecule has 1 saturated heterocycles. The minimum absolute atomic E-state index is 0.0424. The second-order valence-corrected chi connectivity index (χ2v) is 4.32. The van der Waals surface area contributed by atoms with Crippen molar-refractivity contribution < 1.29 is 4.74 Å². The van der Waals surface area contributed by atoms with Gasteiger partial charge in [-0.25, -0.2) is 0 Å². The van der Waals surface area contributed by atoms with Gasteiger partial charge < -0.3 is 10.5 Å². The first-order valence-electron chi connectivity index (χ1n) is 5.55. The molecule has 2 unspecified atom stereocenters. The largest absolute Gasteiger partial charge is 0.381 e. The minimum atomic E-state index is 0.0424. The quantitative estimate of drug-likeness (QED) is 0.799. The van der Waals surface area contributed by atoms with Crippen LogP contribution in [0.4, 0.5) is 0 Å². The second kappa shape index (κ2) is 4.33. The standard InChI is InChI=1S/C11H19N3O/c1-8(12)11-6-10(13-14(11)2)9-4-3-5-15-7-9/h6,8-9H,3-5,7,12H2,1-2H3. The Morgan fingerprint density at radius 3 is 3.00 bits per heavy atom. The smallest absolute Gasteiger partial charge is 0.0681 e. The van der Waals surface area contributed by atoms with Crippen LogP contribution in [0.5, 0.6) is 0 Å². The van der Waals surface area contributed by atoms with Gasteiger partial charge in [0.2, 0.25) is 0 Å². The van der Waals surface area contributed by atoms with Crippen LogP contribution in [0, 0.1) is 0 Å². The molecule has 0 radical (unpaired) electrons. The van der Waals surface area contributed by atoms with E-state index in [9.17, 15) is 0 Å². The zero-order chi connectivity index (χ0) is 10.8. The number of hydrogen-bond acceptors (Lipinski definition) is 3. The van der Waals surface area contributed by atoms with Crippen LogP contribution < -0.4 is 5.73 Å². The molecule has 0 aliphatic carbocycles. The van der Waals surface area contributed by atoms with Gasteiger partial charge >= 0.3 is 0 Å². The molecule has 1 aromatic heterocycles. The third kappa shape index (κ3) is 2.21. The van der Waals surface area contributed by atoms with Gasteiger partial charge in [0.25, 0.3) is 0 Å². The van der Waals surface area contributed by atoms with Crippen LogP contribution in [0.25, 0.3) is 0 Å². The second-order valence-electron chi connectivity index (χ2n) is 4.32. The topological polar surface area (TPSA) is 53.1 Å². The molecule has 15 heavy (non-hydrogen) atoms. The Labute approximate surface area is 90.4 Å². The molecule has 0 amide bonds. The Morgan fingerprint density at radius 2 is 2.47 bits per heavy atom. The highest BCUT2D eigenvalue weighted by Crippen LogP contribution is 2.25. The van der Waals surface area contributed by atoms with E-state index in [0.29, 0.717) is 5.92 Å². The van der Waals surface area contributed by atoms with E-state index in [2.05, 4.69) is 11.2 Å². The number of nitrogens with zero attached hydrogens (tertiary/aromatic N) is 2. The fourth-order valence-corrected chi connectivity index (χ4v) is 2.10. The van der Waals surface area contributed by atoms with Crippen molar-refractivity contribution in [3.8, 4) is 0 Å². The van der Waals surface area contributed by atoms with Crippen molar-refractivity contribution >= 4 is 0 Å². The third-order valence-electron chi connectivity index (χ3n) is 2.98. The van der Waals surface area contributed by atoms with Crippen LogP contribution in [0.15, 0.2) is 6.07 Å². The maximum absolute atomic E-state index is 5.87. The van der Waals surface area contributed by atoms with Crippen molar-refractivity contribution in [2.24, 2.45) is 12.8 Å². The van der Waals surface area contributed by atoms with E-state index in [0.717, 1.165) is 31.0 Å². The molecule has 0 saturated carbocycles. The lowest BCUT2D eigenvalue weighted by Gasteiger charge is -2.19. The highest BCUT2D eigenvalue weighted by Gasteiger charge is 2.20. The Kier molecular flexibility index (Phi) is 3.07. The first-order chi connectivity index (χ1) is 7.18. The summed E-state index contributed by atoms with van der Waals surface area (Å²) in [6.07, 6.45) is 2.31. The molecule has 84 valence electrons. The van der Waals surface area contributed by atoms with E-state index in [1.807, 2.05) is 18.7 Å². The Bertz CT molecular complexity index is 327. The summed E-state index contributed by atoms with van der Waals surface area (Å²) in [6, 6.07) is 2.16. The van der Waals surface area contributed by atoms with Gasteiger partial charge in [0.1, 0.15) is 0 Å². The van der Waals surface area contributed by atoms with E-state index in [1.54, 1.807) is 0 Å². The summed E-state index contributed by atoms with van der Waals surface area (Å²) in [6.45, 7) is 3.68. The van der Waals surface area contributed by atoms with Crippen molar-refractivity contribution in [2.45, 2.75) is 31.7 Å². The molecule has 2 rings (SSSR count). The summed E-state index contributed by atoms with van der Waals surface area (Å²) in [5, 5.41) is 4.51. The van der Waals surface area contributed by atoms with Gasteiger partial charge in [0, 0.05) is 25.6 Å². The number of hydrogen-bond donors (Lipinski definition) is 1. The number of aryl methyl sites for hydroxylation is 1. The van der Waals surface area contributed by atoms with Crippen LogP contribution in [-0.2, 0) is 11.8 Å². The number of ether oxygens (including phenoxy) is 1. The zero-order valence-electron chi connectivity index (χ0n) is 9.44. The van der Waals surface area contributed by atoms with Crippen molar-refractivity contribution in [1.82, 2.24) is 9.78 Å². The van der Waals surface area contributed by atoms with Crippen LogP contribution in [0.2, 0.25) is 0 Å². The van der Waals surface area contributed by atoms with Crippen LogP contribution in [0.3, 0.4) is 0 Å². The number of aromatic nitrogens is 2. The lowest BCUT2D eigenvalue weighted by atomic mass is 9.98. The Morgan fingerprint density at radius 1 is 1.67 bits per heavy atom. The number of nitrogens with two attached hydrogens (primary N) is 1. The van der Waals surface area contributed by atoms with Gasteiger partial charge in [-0.05, 0) is 25.8 Å². The zero-order valence-corrected chi connectivity index (χ0v) is 9.44. The van der Waals surface area contributed by atoms with Crippen molar-refractivity contribution in [3.05, 3.63) is 17.5 Å². The molecule has 0 aromatic carbocycles. The highest BCUT2D eigenvalue weighted by atomic mass is 16.5. The summed E-state index contributed by atoms with van der Waals surface area (Å²) in [5.41, 5.74) is 8.09. The molecule has 1 aliphatic heterocycles. The average Bonchev–Trinajstić information content (AvgIpc) is 2.62. The van der Waals surface area contributed by atoms with Gasteiger partial charge in [0.15, 0.2) is 0 Å². The maximum atomic E-state index is 5.87. The van der Waals surface area contributed by atoms with Crippen molar-refractivity contribution in [3.63, 3.8) is 0 Å². The molecule has 4 heteroatoms. The predicted molar refractivity (Wildman–Crippen MR) is 58.6 cm³/mol. The van der Waals surface area contributed by atoms with E-state index in [-0.39, 0.29) is 6.04 Å². The fraction of sp³-hybridized carbons (Fsp3) is 0.727. The first-order valence-corrected chi connectivity index (χ1v) is 5.55. The normalized spacial score (nSPS) is 24.1. The Hall–Kier alpha value is -0.870. The van der Waals surface area contributed by atoms with E-state index in [4.69, 9.17) is 10.5 Å². The van der Waals surface area contributed by atoms with Gasteiger partial charge in [-0.15, -0.1) is 0 Å². The lowest BCUT2D eigenvalue weighted by Crippen LogP contribution is -2.16. The molecule has 1 aromatic rings. The van der Waals surface area contributed by atoms with E-state index < -0.39 is 0 Å². The number of rotatable bonds is 2. The van der Waals surface area contributed by atoms with Crippen molar-refractivity contribution in [2.75, 3.05) is 13.2 Å². The van der Waals surface area contributed by atoms with E-state index in [1.165, 1.54) is 6.42 Å². The SMILES string of the molecule is CC(N)c1cc(C2CCCOC2)nn1C. The van der Waals surface area contributed by atoms with Crippen LogP contribution >= 0.6 is 0 Å². The van der Waals surface area contributed by atoms with Gasteiger partial charge in [-0.1, -0.05) is 0 Å². The van der Waals surface area contributed by atoms with Crippen molar-refractivity contribution in [1.29, 1.82) is 0 Å². The summed E-state index contributed by atoms with van der Waals surface area (Å²) in [5.74, 6) is 0.456. The molecule has 0 bridgehead atoms. The summed E-state index contributed by atoms with van der Waals surface area (Å²) >= 11 is 0. The van der Waals surface area contributed by atoms with Gasteiger partial charge in [-0.2, -0.15) is 5.10 Å². The van der Waals surface area contributed by atoms with Gasteiger partial charge in [-0.3, -0.25) is 4.68 Å². The molecule has 1 fully saturated rings. The van der Waals surface area contributed by atoms with E-state index >= 15 is 0 Å². The molecular formula is C11H19N3O. The Balaban J connectivity index is 2.17.